The normalized spacial score (nSPS) is 19.6. The number of amides is 1. The lowest BCUT2D eigenvalue weighted by Gasteiger charge is -2.37. The van der Waals surface area contributed by atoms with E-state index in [1.54, 1.807) is 0 Å². The first-order valence-electron chi connectivity index (χ1n) is 12.3. The van der Waals surface area contributed by atoms with E-state index in [0.717, 1.165) is 58.0 Å². The Morgan fingerprint density at radius 2 is 1.65 bits per heavy atom. The molecule has 34 heavy (non-hydrogen) atoms. The van der Waals surface area contributed by atoms with Gasteiger partial charge in [0.05, 0.1) is 25.9 Å². The average Bonchev–Trinajstić information content (AvgIpc) is 2.88. The van der Waals surface area contributed by atoms with Gasteiger partial charge in [-0.3, -0.25) is 14.6 Å². The Morgan fingerprint density at radius 1 is 0.941 bits per heavy atom. The van der Waals surface area contributed by atoms with Gasteiger partial charge < -0.3 is 19.3 Å². The Morgan fingerprint density at radius 3 is 2.35 bits per heavy atom. The van der Waals surface area contributed by atoms with Gasteiger partial charge in [0.15, 0.2) is 0 Å². The maximum Gasteiger partial charge on any atom is 0.253 e. The molecule has 2 saturated heterocycles. The third kappa shape index (κ3) is 7.03. The number of ether oxygens (including phenoxy) is 2. The Labute approximate surface area is 203 Å². The van der Waals surface area contributed by atoms with Crippen molar-refractivity contribution in [1.29, 1.82) is 0 Å². The quantitative estimate of drug-likeness (QED) is 0.566. The van der Waals surface area contributed by atoms with Gasteiger partial charge in [0.2, 0.25) is 0 Å². The summed E-state index contributed by atoms with van der Waals surface area (Å²) in [7, 11) is 4.12. The van der Waals surface area contributed by atoms with E-state index in [1.807, 2.05) is 35.2 Å². The van der Waals surface area contributed by atoms with E-state index in [2.05, 4.69) is 53.1 Å². The van der Waals surface area contributed by atoms with Crippen molar-refractivity contribution in [2.24, 2.45) is 0 Å². The Hall–Kier alpha value is -2.45. The Balaban J connectivity index is 1.37. The monoisotopic (exact) mass is 466 g/mol. The maximum atomic E-state index is 13.4. The van der Waals surface area contributed by atoms with Gasteiger partial charge in [0.25, 0.3) is 5.91 Å². The van der Waals surface area contributed by atoms with E-state index in [1.165, 1.54) is 11.3 Å². The average molecular weight is 467 g/mol. The van der Waals surface area contributed by atoms with E-state index in [9.17, 15) is 4.79 Å². The molecule has 4 rings (SSSR count). The van der Waals surface area contributed by atoms with Crippen LogP contribution in [0.1, 0.15) is 15.9 Å². The predicted octanol–water partition coefficient (Wildman–Crippen LogP) is 2.43. The highest BCUT2D eigenvalue weighted by molar-refractivity contribution is 5.94. The minimum Gasteiger partial charge on any atom is -0.379 e. The lowest BCUT2D eigenvalue weighted by atomic mass is 10.1. The van der Waals surface area contributed by atoms with E-state index in [0.29, 0.717) is 19.7 Å². The van der Waals surface area contributed by atoms with Gasteiger partial charge in [-0.25, -0.2) is 0 Å². The van der Waals surface area contributed by atoms with Crippen LogP contribution < -0.4 is 4.90 Å². The highest BCUT2D eigenvalue weighted by Crippen LogP contribution is 2.17. The second-order valence-corrected chi connectivity index (χ2v) is 9.36. The Kier molecular flexibility index (Phi) is 8.93. The van der Waals surface area contributed by atoms with Crippen LogP contribution in [0.4, 0.5) is 5.69 Å². The smallest absolute Gasteiger partial charge is 0.253 e. The molecule has 0 spiro atoms. The molecule has 2 heterocycles. The molecule has 2 aliphatic rings. The number of anilines is 1. The number of hydrogen-bond acceptors (Lipinski definition) is 6. The van der Waals surface area contributed by atoms with Crippen molar-refractivity contribution in [3.63, 3.8) is 0 Å². The molecule has 0 N–H and O–H groups in total. The van der Waals surface area contributed by atoms with Crippen LogP contribution in [0.2, 0.25) is 0 Å². The third-order valence-electron chi connectivity index (χ3n) is 6.60. The molecule has 7 nitrogen and oxygen atoms in total. The zero-order valence-corrected chi connectivity index (χ0v) is 20.6. The van der Waals surface area contributed by atoms with E-state index in [-0.39, 0.29) is 12.0 Å². The van der Waals surface area contributed by atoms with Gasteiger partial charge in [0.1, 0.15) is 0 Å². The van der Waals surface area contributed by atoms with Crippen LogP contribution >= 0.6 is 0 Å². The van der Waals surface area contributed by atoms with Gasteiger partial charge in [-0.15, -0.1) is 0 Å². The maximum absolute atomic E-state index is 13.4. The number of morpholine rings is 2. The molecule has 184 valence electrons. The van der Waals surface area contributed by atoms with Crippen molar-refractivity contribution in [2.75, 3.05) is 84.6 Å². The molecule has 1 atom stereocenters. The summed E-state index contributed by atoms with van der Waals surface area (Å²) >= 11 is 0. The SMILES string of the molecule is CN(C)c1ccc(CN2CCOC(CN(CCN3CCOCC3)C(=O)c3ccccc3)C2)cc1. The molecule has 0 bridgehead atoms. The second kappa shape index (κ2) is 12.3. The van der Waals surface area contributed by atoms with Gasteiger partial charge >= 0.3 is 0 Å². The number of benzene rings is 2. The third-order valence-corrected chi connectivity index (χ3v) is 6.60. The molecule has 2 fully saturated rings. The van der Waals surface area contributed by atoms with Crippen LogP contribution in [0.5, 0.6) is 0 Å². The first-order valence-corrected chi connectivity index (χ1v) is 12.3. The lowest BCUT2D eigenvalue weighted by Crippen LogP contribution is -2.50. The van der Waals surface area contributed by atoms with Gasteiger partial charge in [0, 0.05) is 77.7 Å². The van der Waals surface area contributed by atoms with Crippen molar-refractivity contribution < 1.29 is 14.3 Å². The molecule has 1 unspecified atom stereocenters. The summed E-state index contributed by atoms with van der Waals surface area (Å²) in [6, 6.07) is 18.3. The van der Waals surface area contributed by atoms with Crippen LogP contribution in [0.15, 0.2) is 54.6 Å². The molecule has 0 radical (unpaired) electrons. The fraction of sp³-hybridized carbons (Fsp3) is 0.519. The van der Waals surface area contributed by atoms with Crippen LogP contribution in [-0.2, 0) is 16.0 Å². The summed E-state index contributed by atoms with van der Waals surface area (Å²) in [5.41, 5.74) is 3.24. The van der Waals surface area contributed by atoms with Crippen LogP contribution in [0.3, 0.4) is 0 Å². The number of carbonyl (C=O) groups is 1. The van der Waals surface area contributed by atoms with Crippen LogP contribution in [0, 0.1) is 0 Å². The zero-order chi connectivity index (χ0) is 23.8. The molecule has 7 heteroatoms. The lowest BCUT2D eigenvalue weighted by molar-refractivity contribution is -0.0443. The molecule has 0 aromatic heterocycles. The van der Waals surface area contributed by atoms with Crippen molar-refractivity contribution in [3.8, 4) is 0 Å². The molecule has 2 aromatic carbocycles. The summed E-state index contributed by atoms with van der Waals surface area (Å²) in [5, 5.41) is 0. The summed E-state index contributed by atoms with van der Waals surface area (Å²) in [5.74, 6) is 0.0776. The van der Waals surface area contributed by atoms with Gasteiger partial charge in [-0.05, 0) is 29.8 Å². The molecule has 0 saturated carbocycles. The summed E-state index contributed by atoms with van der Waals surface area (Å²) in [6.07, 6.45) is 0.00662. The fourth-order valence-corrected chi connectivity index (χ4v) is 4.56. The first kappa shape index (κ1) is 24.7. The second-order valence-electron chi connectivity index (χ2n) is 9.36. The largest absolute Gasteiger partial charge is 0.379 e. The molecule has 2 aromatic rings. The minimum atomic E-state index is 0.00662. The van der Waals surface area contributed by atoms with E-state index >= 15 is 0 Å². The summed E-state index contributed by atoms with van der Waals surface area (Å²) in [4.78, 5) is 22.3. The van der Waals surface area contributed by atoms with Crippen molar-refractivity contribution in [1.82, 2.24) is 14.7 Å². The first-order chi connectivity index (χ1) is 16.6. The standard InChI is InChI=1S/C27H38N4O3/c1-28(2)25-10-8-23(9-11-25)20-30-16-19-34-26(21-30)22-31(13-12-29-14-17-33-18-15-29)27(32)24-6-4-3-5-7-24/h3-11,26H,12-22H2,1-2H3. The Bertz CT molecular complexity index is 885. The molecule has 2 aliphatic heterocycles. The molecular formula is C27H38N4O3. The molecule has 0 aliphatic carbocycles. The number of carbonyl (C=O) groups excluding carboxylic acids is 1. The summed E-state index contributed by atoms with van der Waals surface area (Å²) < 4.78 is 11.6. The number of nitrogens with zero attached hydrogens (tertiary/aromatic N) is 4. The van der Waals surface area contributed by atoms with Gasteiger partial charge in [-0.1, -0.05) is 30.3 Å². The predicted molar refractivity (Wildman–Crippen MR) is 135 cm³/mol. The van der Waals surface area contributed by atoms with Crippen molar-refractivity contribution in [2.45, 2.75) is 12.6 Å². The highest BCUT2D eigenvalue weighted by Gasteiger charge is 2.26. The highest BCUT2D eigenvalue weighted by atomic mass is 16.5. The van der Waals surface area contributed by atoms with Crippen LogP contribution in [0.25, 0.3) is 0 Å². The number of hydrogen-bond donors (Lipinski definition) is 0. The topological polar surface area (TPSA) is 48.5 Å². The van der Waals surface area contributed by atoms with E-state index < -0.39 is 0 Å². The van der Waals surface area contributed by atoms with Crippen molar-refractivity contribution >= 4 is 11.6 Å². The fourth-order valence-electron chi connectivity index (χ4n) is 4.56. The van der Waals surface area contributed by atoms with Crippen LogP contribution in [-0.4, -0.2) is 106 Å². The zero-order valence-electron chi connectivity index (χ0n) is 20.6. The van der Waals surface area contributed by atoms with Crippen molar-refractivity contribution in [3.05, 3.63) is 65.7 Å². The van der Waals surface area contributed by atoms with Gasteiger partial charge in [-0.2, -0.15) is 0 Å². The molecular weight excluding hydrogens is 428 g/mol. The van der Waals surface area contributed by atoms with E-state index in [4.69, 9.17) is 9.47 Å². The molecule has 1 amide bonds. The number of rotatable bonds is 9. The summed E-state index contributed by atoms with van der Waals surface area (Å²) in [6.45, 7) is 8.86. The minimum absolute atomic E-state index is 0.00662.